The third kappa shape index (κ3) is 3.39. The van der Waals surface area contributed by atoms with E-state index >= 15 is 0 Å². The number of para-hydroxylation sites is 1. The van der Waals surface area contributed by atoms with E-state index in [-0.39, 0.29) is 11.7 Å². The van der Waals surface area contributed by atoms with E-state index < -0.39 is 0 Å². The first kappa shape index (κ1) is 17.5. The van der Waals surface area contributed by atoms with E-state index in [4.69, 9.17) is 9.47 Å². The number of carbonyl (C=O) groups excluding carboxylic acids is 1. The van der Waals surface area contributed by atoms with Crippen LogP contribution in [-0.2, 0) is 17.6 Å². The van der Waals surface area contributed by atoms with Crippen molar-refractivity contribution < 1.29 is 19.4 Å². The minimum absolute atomic E-state index is 0.0308. The Morgan fingerprint density at radius 3 is 2.92 bits per heavy atom. The highest BCUT2D eigenvalue weighted by molar-refractivity contribution is 7.16. The van der Waals surface area contributed by atoms with Crippen molar-refractivity contribution in [2.75, 3.05) is 14.2 Å². The van der Waals surface area contributed by atoms with E-state index in [0.717, 1.165) is 24.8 Å². The smallest absolute Gasteiger partial charge is 0.341 e. The minimum Gasteiger partial charge on any atom is -0.504 e. The van der Waals surface area contributed by atoms with Crippen LogP contribution in [-0.4, -0.2) is 31.5 Å². The fourth-order valence-electron chi connectivity index (χ4n) is 3.08. The summed E-state index contributed by atoms with van der Waals surface area (Å²) in [6.07, 6.45) is 4.46. The van der Waals surface area contributed by atoms with Crippen LogP contribution in [0.1, 0.15) is 39.7 Å². The molecule has 0 aliphatic heterocycles. The molecule has 0 radical (unpaired) electrons. The van der Waals surface area contributed by atoms with Crippen LogP contribution in [0.5, 0.6) is 11.5 Å². The third-order valence-electron chi connectivity index (χ3n) is 4.45. The lowest BCUT2D eigenvalue weighted by Gasteiger charge is -2.18. The Morgan fingerprint density at radius 2 is 2.20 bits per heavy atom. The number of ether oxygens (including phenoxy) is 2. The molecule has 1 aromatic carbocycles. The number of aromatic hydroxyl groups is 1. The van der Waals surface area contributed by atoms with Gasteiger partial charge in [-0.15, -0.1) is 11.3 Å². The molecule has 0 bridgehead atoms. The van der Waals surface area contributed by atoms with E-state index in [1.165, 1.54) is 30.4 Å². The highest BCUT2D eigenvalue weighted by atomic mass is 32.1. The summed E-state index contributed by atoms with van der Waals surface area (Å²) in [5.74, 6) is 0.671. The first-order chi connectivity index (χ1) is 12.0. The Labute approximate surface area is 150 Å². The number of phenols is 1. The summed E-state index contributed by atoms with van der Waals surface area (Å²) >= 11 is 1.53. The molecule has 0 fully saturated rings. The molecule has 1 aliphatic rings. The summed E-state index contributed by atoms with van der Waals surface area (Å²) in [4.78, 5) is 18.0. The quantitative estimate of drug-likeness (QED) is 0.658. The number of rotatable bonds is 4. The summed E-state index contributed by atoms with van der Waals surface area (Å²) in [5.41, 5.74) is 2.17. The highest BCUT2D eigenvalue weighted by Gasteiger charge is 2.27. The zero-order valence-corrected chi connectivity index (χ0v) is 15.4. The van der Waals surface area contributed by atoms with Gasteiger partial charge in [-0.2, -0.15) is 0 Å². The maximum absolute atomic E-state index is 12.3. The number of nitrogens with zero attached hydrogens (tertiary/aromatic N) is 1. The molecule has 1 atom stereocenters. The van der Waals surface area contributed by atoms with Gasteiger partial charge in [-0.1, -0.05) is 13.0 Å². The molecule has 1 N–H and O–H groups in total. The Bertz CT molecular complexity index is 825. The first-order valence-corrected chi connectivity index (χ1v) is 8.99. The molecule has 0 saturated carbocycles. The fourth-order valence-corrected chi connectivity index (χ4v) is 4.42. The predicted octanol–water partition coefficient (Wildman–Crippen LogP) is 4.12. The van der Waals surface area contributed by atoms with Gasteiger partial charge in [-0.25, -0.2) is 9.79 Å². The number of benzene rings is 1. The summed E-state index contributed by atoms with van der Waals surface area (Å²) in [6.45, 7) is 2.22. The number of esters is 1. The van der Waals surface area contributed by atoms with Gasteiger partial charge in [0.2, 0.25) is 0 Å². The van der Waals surface area contributed by atoms with Crippen LogP contribution in [0, 0.1) is 5.92 Å². The average Bonchev–Trinajstić information content (AvgIpc) is 2.97. The van der Waals surface area contributed by atoms with Crippen molar-refractivity contribution in [2.24, 2.45) is 10.9 Å². The van der Waals surface area contributed by atoms with Crippen molar-refractivity contribution in [3.63, 3.8) is 0 Å². The molecule has 1 aromatic heterocycles. The number of phenolic OH excluding ortho intramolecular Hbond substituents is 1. The topological polar surface area (TPSA) is 68.1 Å². The van der Waals surface area contributed by atoms with Crippen molar-refractivity contribution in [1.82, 2.24) is 0 Å². The van der Waals surface area contributed by atoms with Gasteiger partial charge in [0.25, 0.3) is 0 Å². The van der Waals surface area contributed by atoms with Gasteiger partial charge in [-0.3, -0.25) is 0 Å². The van der Waals surface area contributed by atoms with E-state index in [1.807, 2.05) is 0 Å². The fraction of sp³-hybridized carbons (Fsp3) is 0.368. The number of thiophene rings is 1. The van der Waals surface area contributed by atoms with E-state index in [0.29, 0.717) is 27.8 Å². The third-order valence-corrected chi connectivity index (χ3v) is 5.62. The zero-order valence-electron chi connectivity index (χ0n) is 14.5. The number of aliphatic imine (C=N–C) groups is 1. The molecule has 2 aromatic rings. The molecule has 5 nitrogen and oxygen atoms in total. The number of fused-ring (bicyclic) bond motifs is 1. The maximum Gasteiger partial charge on any atom is 0.341 e. The molecule has 6 heteroatoms. The van der Waals surface area contributed by atoms with Crippen molar-refractivity contribution >= 4 is 28.5 Å². The van der Waals surface area contributed by atoms with Gasteiger partial charge in [0.05, 0.1) is 19.8 Å². The maximum atomic E-state index is 12.3. The van der Waals surface area contributed by atoms with E-state index in [1.54, 1.807) is 24.4 Å². The van der Waals surface area contributed by atoms with Crippen LogP contribution in [0.3, 0.4) is 0 Å². The lowest BCUT2D eigenvalue weighted by molar-refractivity contribution is 0.0600. The second kappa shape index (κ2) is 7.27. The Kier molecular flexibility index (Phi) is 5.08. The van der Waals surface area contributed by atoms with Gasteiger partial charge in [0.15, 0.2) is 11.5 Å². The van der Waals surface area contributed by atoms with Crippen LogP contribution in [0.2, 0.25) is 0 Å². The first-order valence-electron chi connectivity index (χ1n) is 8.18. The number of methoxy groups -OCH3 is 2. The molecule has 1 unspecified atom stereocenters. The normalized spacial score (nSPS) is 16.7. The van der Waals surface area contributed by atoms with Gasteiger partial charge in [-0.05, 0) is 42.9 Å². The second-order valence-corrected chi connectivity index (χ2v) is 7.26. The number of carbonyl (C=O) groups is 1. The van der Waals surface area contributed by atoms with Crippen LogP contribution in [0.15, 0.2) is 23.2 Å². The second-order valence-electron chi connectivity index (χ2n) is 6.18. The van der Waals surface area contributed by atoms with Crippen LogP contribution >= 0.6 is 11.3 Å². The summed E-state index contributed by atoms with van der Waals surface area (Å²) in [5, 5.41) is 10.8. The lowest BCUT2D eigenvalue weighted by atomic mass is 9.88. The molecule has 3 rings (SSSR count). The Hall–Kier alpha value is -2.34. The Morgan fingerprint density at radius 1 is 1.40 bits per heavy atom. The standard InChI is InChI=1S/C19H21NO4S/c1-11-7-8-13-15(9-11)25-18(16(13)19(22)24-3)20-10-12-5-4-6-14(23-2)17(12)21/h4-6,10-11,21H,7-9H2,1-3H3/b20-10+. The van der Waals surface area contributed by atoms with Gasteiger partial charge >= 0.3 is 5.97 Å². The van der Waals surface area contributed by atoms with E-state index in [9.17, 15) is 9.90 Å². The molecule has 1 aliphatic carbocycles. The largest absolute Gasteiger partial charge is 0.504 e. The zero-order chi connectivity index (χ0) is 18.0. The molecule has 25 heavy (non-hydrogen) atoms. The highest BCUT2D eigenvalue weighted by Crippen LogP contribution is 2.41. The molecular formula is C19H21NO4S. The summed E-state index contributed by atoms with van der Waals surface area (Å²) in [7, 11) is 2.89. The van der Waals surface area contributed by atoms with Crippen molar-refractivity contribution in [2.45, 2.75) is 26.2 Å². The predicted molar refractivity (Wildman–Crippen MR) is 98.8 cm³/mol. The average molecular weight is 359 g/mol. The Balaban J connectivity index is 2.01. The minimum atomic E-state index is -0.353. The number of hydrogen-bond acceptors (Lipinski definition) is 6. The molecule has 0 spiro atoms. The molecule has 0 saturated heterocycles. The molecule has 0 amide bonds. The molecule has 1 heterocycles. The van der Waals surface area contributed by atoms with Crippen molar-refractivity contribution in [3.8, 4) is 11.5 Å². The van der Waals surface area contributed by atoms with Crippen LogP contribution in [0.25, 0.3) is 0 Å². The van der Waals surface area contributed by atoms with Gasteiger partial charge < -0.3 is 14.6 Å². The molecular weight excluding hydrogens is 338 g/mol. The summed E-state index contributed by atoms with van der Waals surface area (Å²) in [6, 6.07) is 5.20. The van der Waals surface area contributed by atoms with Crippen molar-refractivity contribution in [1.29, 1.82) is 0 Å². The summed E-state index contributed by atoms with van der Waals surface area (Å²) < 4.78 is 10.1. The van der Waals surface area contributed by atoms with Gasteiger partial charge in [0.1, 0.15) is 5.00 Å². The monoisotopic (exact) mass is 359 g/mol. The SMILES string of the molecule is COC(=O)c1c(/N=C/c2cccc(OC)c2O)sc2c1CCC(C)C2. The van der Waals surface area contributed by atoms with Gasteiger partial charge in [0, 0.05) is 16.7 Å². The van der Waals surface area contributed by atoms with E-state index in [2.05, 4.69) is 11.9 Å². The van der Waals surface area contributed by atoms with Crippen molar-refractivity contribution in [3.05, 3.63) is 39.8 Å². The van der Waals surface area contributed by atoms with Crippen LogP contribution < -0.4 is 4.74 Å². The lowest BCUT2D eigenvalue weighted by Crippen LogP contribution is -2.12. The number of hydrogen-bond donors (Lipinski definition) is 1. The van der Waals surface area contributed by atoms with Crippen LogP contribution in [0.4, 0.5) is 5.00 Å². The molecule has 132 valence electrons.